The third-order valence-electron chi connectivity index (χ3n) is 8.39. The van der Waals surface area contributed by atoms with E-state index < -0.39 is 0 Å². The number of unbranched alkanes of at least 4 members (excludes halogenated alkanes) is 1. The van der Waals surface area contributed by atoms with Gasteiger partial charge in [0.15, 0.2) is 0 Å². The van der Waals surface area contributed by atoms with Crippen LogP contribution in [-0.4, -0.2) is 12.2 Å². The largest absolute Gasteiger partial charge is 0.493 e. The second-order valence-electron chi connectivity index (χ2n) is 12.5. The molecule has 1 heterocycles. The molecule has 3 heteroatoms. The molecule has 204 valence electrons. The number of hydrogen-bond donors (Lipinski definition) is 0. The van der Waals surface area contributed by atoms with Gasteiger partial charge in [0, 0.05) is 11.1 Å². The molecule has 1 aromatic carbocycles. The highest BCUT2D eigenvalue weighted by molar-refractivity contribution is 5.63. The zero-order valence-electron chi connectivity index (χ0n) is 24.9. The van der Waals surface area contributed by atoms with Crippen LogP contribution in [0.3, 0.4) is 0 Å². The minimum absolute atomic E-state index is 0.188. The zero-order valence-corrected chi connectivity index (χ0v) is 24.9. The molecule has 1 aliphatic heterocycles. The molecule has 2 rings (SSSR count). The number of ether oxygens (including phenoxy) is 2. The van der Waals surface area contributed by atoms with Gasteiger partial charge in [0.05, 0.1) is 6.61 Å². The molecule has 1 aromatic rings. The van der Waals surface area contributed by atoms with Crippen LogP contribution in [-0.2, 0) is 6.42 Å². The number of nitrogens with zero attached hydrogens (tertiary/aromatic N) is 1. The lowest BCUT2D eigenvalue weighted by atomic mass is 9.83. The van der Waals surface area contributed by atoms with E-state index in [-0.39, 0.29) is 5.60 Å². The van der Waals surface area contributed by atoms with Gasteiger partial charge in [-0.05, 0) is 76.2 Å². The molecule has 36 heavy (non-hydrogen) atoms. The Balaban J connectivity index is 1.87. The van der Waals surface area contributed by atoms with Gasteiger partial charge in [0.1, 0.15) is 28.7 Å². The first kappa shape index (κ1) is 30.5. The Hall–Kier alpha value is -1.69. The normalized spacial score (nSPS) is 18.9. The van der Waals surface area contributed by atoms with Crippen molar-refractivity contribution in [2.45, 2.75) is 144 Å². The molecule has 0 amide bonds. The summed E-state index contributed by atoms with van der Waals surface area (Å²) in [4.78, 5) is 0. The summed E-state index contributed by atoms with van der Waals surface area (Å²) in [7, 11) is 0. The van der Waals surface area contributed by atoms with E-state index in [4.69, 9.17) is 9.47 Å². The summed E-state index contributed by atoms with van der Waals surface area (Å²) in [6.07, 6.45) is 15.8. The summed E-state index contributed by atoms with van der Waals surface area (Å²) < 4.78 is 12.8. The van der Waals surface area contributed by atoms with Crippen LogP contribution in [0.4, 0.5) is 0 Å². The third kappa shape index (κ3) is 9.00. The number of benzene rings is 1. The van der Waals surface area contributed by atoms with Crippen LogP contribution < -0.4 is 9.47 Å². The molecule has 0 bridgehead atoms. The fraction of sp³-hybridized carbons (Fsp3) is 0.788. The van der Waals surface area contributed by atoms with Crippen molar-refractivity contribution >= 4 is 0 Å². The molecule has 3 unspecified atom stereocenters. The van der Waals surface area contributed by atoms with Crippen molar-refractivity contribution in [1.29, 1.82) is 5.26 Å². The summed E-state index contributed by atoms with van der Waals surface area (Å²) in [6.45, 7) is 18.8. The van der Waals surface area contributed by atoms with E-state index in [1.165, 1.54) is 56.9 Å². The topological polar surface area (TPSA) is 42.2 Å². The average molecular weight is 498 g/mol. The summed E-state index contributed by atoms with van der Waals surface area (Å²) in [5.74, 6) is 4.19. The fourth-order valence-corrected chi connectivity index (χ4v) is 5.77. The van der Waals surface area contributed by atoms with Gasteiger partial charge >= 0.3 is 0 Å². The van der Waals surface area contributed by atoms with Crippen LogP contribution in [0, 0.1) is 42.9 Å². The molecule has 0 aromatic heterocycles. The van der Waals surface area contributed by atoms with Crippen LogP contribution in [0.2, 0.25) is 0 Å². The quantitative estimate of drug-likeness (QED) is 0.213. The second-order valence-corrected chi connectivity index (χ2v) is 12.5. The summed E-state index contributed by atoms with van der Waals surface area (Å²) in [5.41, 5.74) is 3.75. The first-order valence-corrected chi connectivity index (χ1v) is 15.0. The van der Waals surface area contributed by atoms with Crippen molar-refractivity contribution in [3.05, 3.63) is 22.3 Å². The number of hydrogen-bond acceptors (Lipinski definition) is 3. The van der Waals surface area contributed by atoms with E-state index in [1.54, 1.807) is 0 Å². The molecule has 3 atom stereocenters. The van der Waals surface area contributed by atoms with Gasteiger partial charge in [0.25, 0.3) is 0 Å². The minimum Gasteiger partial charge on any atom is -0.493 e. The maximum atomic E-state index is 9.99. The van der Waals surface area contributed by atoms with E-state index in [0.717, 1.165) is 72.5 Å². The van der Waals surface area contributed by atoms with Crippen molar-refractivity contribution < 1.29 is 9.47 Å². The third-order valence-corrected chi connectivity index (χ3v) is 8.39. The van der Waals surface area contributed by atoms with Gasteiger partial charge in [-0.25, -0.2) is 0 Å². The van der Waals surface area contributed by atoms with Gasteiger partial charge in [-0.2, -0.15) is 5.26 Å². The summed E-state index contributed by atoms with van der Waals surface area (Å²) >= 11 is 0. The molecule has 0 radical (unpaired) electrons. The maximum Gasteiger partial charge on any atom is 0.141 e. The molecule has 0 saturated heterocycles. The zero-order chi connectivity index (χ0) is 26.7. The van der Waals surface area contributed by atoms with E-state index >= 15 is 0 Å². The van der Waals surface area contributed by atoms with Gasteiger partial charge in [-0.3, -0.25) is 0 Å². The van der Waals surface area contributed by atoms with Gasteiger partial charge in [0.2, 0.25) is 0 Å². The molecular formula is C33H55NO2. The van der Waals surface area contributed by atoms with E-state index in [1.807, 2.05) is 6.92 Å². The summed E-state index contributed by atoms with van der Waals surface area (Å²) in [6, 6.07) is 2.44. The van der Waals surface area contributed by atoms with Crippen molar-refractivity contribution in [1.82, 2.24) is 0 Å². The molecule has 3 nitrogen and oxygen atoms in total. The molecule has 0 saturated carbocycles. The second kappa shape index (κ2) is 14.9. The average Bonchev–Trinajstić information content (AvgIpc) is 2.81. The van der Waals surface area contributed by atoms with Crippen LogP contribution in [0.25, 0.3) is 0 Å². The van der Waals surface area contributed by atoms with Crippen LogP contribution in [0.5, 0.6) is 11.5 Å². The Bertz CT molecular complexity index is 852. The highest BCUT2D eigenvalue weighted by Gasteiger charge is 2.35. The molecule has 0 fully saturated rings. The Morgan fingerprint density at radius 2 is 1.53 bits per heavy atom. The first-order chi connectivity index (χ1) is 17.1. The van der Waals surface area contributed by atoms with Crippen LogP contribution >= 0.6 is 0 Å². The molecule has 0 spiro atoms. The molecule has 1 aliphatic rings. The Labute approximate surface area is 223 Å². The minimum atomic E-state index is -0.188. The highest BCUT2D eigenvalue weighted by atomic mass is 16.5. The number of rotatable bonds is 16. The standard InChI is InChI=1S/C33H55NO2/c1-9-10-22-35-31-27(6)29-19-21-33(8,36-32(29)30(23-34)28(31)7)20-13-18-26(5)17-12-16-25(4)15-11-14-24(2)3/h24-26H,9-22H2,1-8H3. The number of nitriles is 1. The molecule has 0 N–H and O–H groups in total. The van der Waals surface area contributed by atoms with E-state index in [9.17, 15) is 5.26 Å². The monoisotopic (exact) mass is 497 g/mol. The smallest absolute Gasteiger partial charge is 0.141 e. The lowest BCUT2D eigenvalue weighted by Gasteiger charge is -2.38. The highest BCUT2D eigenvalue weighted by Crippen LogP contribution is 2.45. The SMILES string of the molecule is CCCCOc1c(C)c(C#N)c2c(c1C)CCC(C)(CCCC(C)CCCC(C)CCCC(C)C)O2. The van der Waals surface area contributed by atoms with Gasteiger partial charge in [-0.1, -0.05) is 86.0 Å². The van der Waals surface area contributed by atoms with Crippen molar-refractivity contribution in [2.24, 2.45) is 17.8 Å². The van der Waals surface area contributed by atoms with Crippen molar-refractivity contribution in [3.63, 3.8) is 0 Å². The van der Waals surface area contributed by atoms with Crippen molar-refractivity contribution in [2.75, 3.05) is 6.61 Å². The predicted molar refractivity (Wildman–Crippen MR) is 153 cm³/mol. The predicted octanol–water partition coefficient (Wildman–Crippen LogP) is 9.88. The first-order valence-electron chi connectivity index (χ1n) is 15.0. The van der Waals surface area contributed by atoms with Gasteiger partial charge in [-0.15, -0.1) is 0 Å². The lowest BCUT2D eigenvalue weighted by Crippen LogP contribution is -2.37. The summed E-state index contributed by atoms with van der Waals surface area (Å²) in [5, 5.41) is 9.99. The fourth-order valence-electron chi connectivity index (χ4n) is 5.77. The molecule has 0 aliphatic carbocycles. The van der Waals surface area contributed by atoms with E-state index in [2.05, 4.69) is 54.5 Å². The number of fused-ring (bicyclic) bond motifs is 1. The van der Waals surface area contributed by atoms with E-state index in [0.29, 0.717) is 12.2 Å². The van der Waals surface area contributed by atoms with Crippen LogP contribution in [0.1, 0.15) is 141 Å². The lowest BCUT2D eigenvalue weighted by molar-refractivity contribution is 0.0516. The Kier molecular flexibility index (Phi) is 12.6. The maximum absolute atomic E-state index is 9.99. The van der Waals surface area contributed by atoms with Crippen molar-refractivity contribution in [3.8, 4) is 17.6 Å². The Morgan fingerprint density at radius 1 is 0.917 bits per heavy atom. The Morgan fingerprint density at radius 3 is 2.11 bits per heavy atom. The van der Waals surface area contributed by atoms with Gasteiger partial charge < -0.3 is 9.47 Å². The van der Waals surface area contributed by atoms with Crippen LogP contribution in [0.15, 0.2) is 0 Å². The molecular weight excluding hydrogens is 442 g/mol.